The average molecular weight is 333 g/mol. The molecule has 1 unspecified atom stereocenters. The van der Waals surface area contributed by atoms with E-state index in [1.54, 1.807) is 12.1 Å². The molecule has 0 spiro atoms. The molecule has 3 rings (SSSR count). The number of furan rings is 1. The van der Waals surface area contributed by atoms with E-state index in [0.717, 1.165) is 28.7 Å². The lowest BCUT2D eigenvalue weighted by Gasteiger charge is -2.06. The molecular weight excluding hydrogens is 319 g/mol. The van der Waals surface area contributed by atoms with Crippen LogP contribution < -0.4 is 0 Å². The molecule has 1 nitrogen and oxygen atoms in total. The van der Waals surface area contributed by atoms with Crippen molar-refractivity contribution < 1.29 is 8.81 Å². The van der Waals surface area contributed by atoms with Crippen molar-refractivity contribution in [2.75, 3.05) is 0 Å². The molecule has 0 fully saturated rings. The maximum absolute atomic E-state index is 12.9. The second-order valence-electron chi connectivity index (χ2n) is 4.99. The predicted molar refractivity (Wildman–Crippen MR) is 82.7 cm³/mol. The Balaban J connectivity index is 1.84. The van der Waals surface area contributed by atoms with Gasteiger partial charge in [0.2, 0.25) is 0 Å². The Morgan fingerprint density at radius 1 is 1.10 bits per heavy atom. The van der Waals surface area contributed by atoms with Crippen LogP contribution in [0.4, 0.5) is 4.39 Å². The van der Waals surface area contributed by atoms with Crippen LogP contribution in [0.3, 0.4) is 0 Å². The molecule has 0 N–H and O–H groups in total. The Kier molecular flexibility index (Phi) is 3.62. The SMILES string of the molecule is Cc1ccc2oc(C(Br)Cc3ccc(F)cc3)cc2c1. The normalized spacial score (nSPS) is 12.8. The van der Waals surface area contributed by atoms with Crippen molar-refractivity contribution in [2.45, 2.75) is 18.2 Å². The summed E-state index contributed by atoms with van der Waals surface area (Å²) in [5.74, 6) is 0.689. The van der Waals surface area contributed by atoms with Crippen LogP contribution in [0, 0.1) is 12.7 Å². The van der Waals surface area contributed by atoms with Crippen molar-refractivity contribution in [3.63, 3.8) is 0 Å². The van der Waals surface area contributed by atoms with Crippen molar-refractivity contribution in [3.8, 4) is 0 Å². The third-order valence-corrected chi connectivity index (χ3v) is 4.10. The Bertz CT molecular complexity index is 730. The van der Waals surface area contributed by atoms with Gasteiger partial charge in [-0.1, -0.05) is 39.7 Å². The Morgan fingerprint density at radius 2 is 1.85 bits per heavy atom. The van der Waals surface area contributed by atoms with Crippen molar-refractivity contribution in [1.29, 1.82) is 0 Å². The summed E-state index contributed by atoms with van der Waals surface area (Å²) >= 11 is 3.65. The number of alkyl halides is 1. The van der Waals surface area contributed by atoms with Gasteiger partial charge in [0.25, 0.3) is 0 Å². The zero-order valence-corrected chi connectivity index (χ0v) is 12.7. The number of hydrogen-bond acceptors (Lipinski definition) is 1. The fourth-order valence-corrected chi connectivity index (χ4v) is 2.87. The van der Waals surface area contributed by atoms with Gasteiger partial charge in [-0.25, -0.2) is 4.39 Å². The van der Waals surface area contributed by atoms with E-state index in [0.29, 0.717) is 0 Å². The van der Waals surface area contributed by atoms with Gasteiger partial charge in [-0.3, -0.25) is 0 Å². The molecule has 1 atom stereocenters. The van der Waals surface area contributed by atoms with Gasteiger partial charge in [0.15, 0.2) is 0 Å². The van der Waals surface area contributed by atoms with Gasteiger partial charge in [-0.2, -0.15) is 0 Å². The summed E-state index contributed by atoms with van der Waals surface area (Å²) in [7, 11) is 0. The first kappa shape index (κ1) is 13.4. The van der Waals surface area contributed by atoms with Crippen LogP contribution in [-0.2, 0) is 6.42 Å². The first-order valence-corrected chi connectivity index (χ1v) is 7.42. The van der Waals surface area contributed by atoms with E-state index in [-0.39, 0.29) is 10.6 Å². The molecule has 0 saturated heterocycles. The molecule has 3 aromatic rings. The van der Waals surface area contributed by atoms with E-state index in [1.807, 2.05) is 12.1 Å². The minimum atomic E-state index is -0.209. The monoisotopic (exact) mass is 332 g/mol. The lowest BCUT2D eigenvalue weighted by molar-refractivity contribution is 0.545. The quantitative estimate of drug-likeness (QED) is 0.572. The first-order valence-electron chi connectivity index (χ1n) is 6.50. The number of benzene rings is 2. The Morgan fingerprint density at radius 3 is 2.60 bits per heavy atom. The van der Waals surface area contributed by atoms with Gasteiger partial charge in [0.05, 0.1) is 4.83 Å². The Hall–Kier alpha value is -1.61. The summed E-state index contributed by atoms with van der Waals surface area (Å²) in [4.78, 5) is 0.0840. The topological polar surface area (TPSA) is 13.1 Å². The molecule has 0 bridgehead atoms. The van der Waals surface area contributed by atoms with E-state index in [1.165, 1.54) is 17.7 Å². The number of halogens is 2. The van der Waals surface area contributed by atoms with E-state index in [2.05, 4.69) is 35.0 Å². The summed E-state index contributed by atoms with van der Waals surface area (Å²) in [5, 5.41) is 1.11. The third kappa shape index (κ3) is 2.78. The van der Waals surface area contributed by atoms with E-state index < -0.39 is 0 Å². The van der Waals surface area contributed by atoms with Gasteiger partial charge in [0, 0.05) is 5.39 Å². The average Bonchev–Trinajstić information content (AvgIpc) is 2.84. The molecule has 0 aliphatic heterocycles. The molecule has 0 aliphatic carbocycles. The van der Waals surface area contributed by atoms with Crippen LogP contribution in [0.15, 0.2) is 52.9 Å². The minimum absolute atomic E-state index is 0.0840. The maximum Gasteiger partial charge on any atom is 0.134 e. The highest BCUT2D eigenvalue weighted by molar-refractivity contribution is 9.09. The number of rotatable bonds is 3. The molecule has 2 aromatic carbocycles. The lowest BCUT2D eigenvalue weighted by Crippen LogP contribution is -1.93. The summed E-state index contributed by atoms with van der Waals surface area (Å²) in [6, 6.07) is 14.8. The lowest BCUT2D eigenvalue weighted by atomic mass is 10.1. The molecule has 0 radical (unpaired) electrons. The summed E-state index contributed by atoms with van der Waals surface area (Å²) < 4.78 is 18.8. The molecule has 0 amide bonds. The second kappa shape index (κ2) is 5.41. The van der Waals surface area contributed by atoms with Gasteiger partial charge in [-0.15, -0.1) is 0 Å². The van der Waals surface area contributed by atoms with Crippen molar-refractivity contribution >= 4 is 26.9 Å². The van der Waals surface area contributed by atoms with Crippen LogP contribution in [0.5, 0.6) is 0 Å². The molecule has 1 heterocycles. The summed E-state index contributed by atoms with van der Waals surface area (Å²) in [5.41, 5.74) is 3.19. The van der Waals surface area contributed by atoms with Crippen LogP contribution in [-0.4, -0.2) is 0 Å². The maximum atomic E-state index is 12.9. The molecular formula is C17H14BrFO. The van der Waals surface area contributed by atoms with Gasteiger partial charge >= 0.3 is 0 Å². The van der Waals surface area contributed by atoms with Gasteiger partial charge < -0.3 is 4.42 Å². The zero-order chi connectivity index (χ0) is 14.1. The van der Waals surface area contributed by atoms with Gasteiger partial charge in [0.1, 0.15) is 17.2 Å². The molecule has 0 aliphatic rings. The molecule has 20 heavy (non-hydrogen) atoms. The van der Waals surface area contributed by atoms with E-state index in [4.69, 9.17) is 4.42 Å². The van der Waals surface area contributed by atoms with Crippen LogP contribution in [0.25, 0.3) is 11.0 Å². The van der Waals surface area contributed by atoms with Crippen LogP contribution in [0.1, 0.15) is 21.7 Å². The molecule has 1 aromatic heterocycles. The zero-order valence-electron chi connectivity index (χ0n) is 11.1. The van der Waals surface area contributed by atoms with Crippen molar-refractivity contribution in [2.24, 2.45) is 0 Å². The number of hydrogen-bond donors (Lipinski definition) is 0. The number of aryl methyl sites for hydroxylation is 1. The van der Waals surface area contributed by atoms with Crippen LogP contribution in [0.2, 0.25) is 0 Å². The van der Waals surface area contributed by atoms with E-state index >= 15 is 0 Å². The molecule has 102 valence electrons. The standard InChI is InChI=1S/C17H14BrFO/c1-11-2-7-16-13(8-11)10-17(20-16)15(18)9-12-3-5-14(19)6-4-12/h2-8,10,15H,9H2,1H3. The summed E-state index contributed by atoms with van der Waals surface area (Å²) in [6.45, 7) is 2.07. The highest BCUT2D eigenvalue weighted by atomic mass is 79.9. The fraction of sp³-hybridized carbons (Fsp3) is 0.176. The highest BCUT2D eigenvalue weighted by Crippen LogP contribution is 2.32. The van der Waals surface area contributed by atoms with E-state index in [9.17, 15) is 4.39 Å². The fourth-order valence-electron chi connectivity index (χ4n) is 2.27. The highest BCUT2D eigenvalue weighted by Gasteiger charge is 2.14. The number of fused-ring (bicyclic) bond motifs is 1. The smallest absolute Gasteiger partial charge is 0.134 e. The Labute approximate surface area is 125 Å². The van der Waals surface area contributed by atoms with Crippen molar-refractivity contribution in [1.82, 2.24) is 0 Å². The minimum Gasteiger partial charge on any atom is -0.460 e. The van der Waals surface area contributed by atoms with Crippen molar-refractivity contribution in [3.05, 3.63) is 71.2 Å². The molecule has 0 saturated carbocycles. The largest absolute Gasteiger partial charge is 0.460 e. The third-order valence-electron chi connectivity index (χ3n) is 3.33. The summed E-state index contributed by atoms with van der Waals surface area (Å²) in [6.07, 6.45) is 0.763. The first-order chi connectivity index (χ1) is 9.61. The van der Waals surface area contributed by atoms with Crippen LogP contribution >= 0.6 is 15.9 Å². The van der Waals surface area contributed by atoms with Gasteiger partial charge in [-0.05, 0) is 49.2 Å². The second-order valence-corrected chi connectivity index (χ2v) is 6.09. The molecule has 3 heteroatoms. The predicted octanol–water partition coefficient (Wildman–Crippen LogP) is 5.56.